The number of hydrogen-bond donors (Lipinski definition) is 2. The largest absolute Gasteiger partial charge is 0.394 e. The van der Waals surface area contributed by atoms with E-state index in [1.807, 2.05) is 6.20 Å². The molecule has 0 aromatic carbocycles. The maximum atomic E-state index is 8.77. The lowest BCUT2D eigenvalue weighted by molar-refractivity contribution is -0.0864. The average Bonchev–Trinajstić information content (AvgIpc) is 2.79. The molecule has 0 saturated carbocycles. The first-order valence-corrected chi connectivity index (χ1v) is 5.91. The van der Waals surface area contributed by atoms with E-state index in [9.17, 15) is 0 Å². The molecule has 2 rings (SSSR count). The number of rotatable bonds is 6. The monoisotopic (exact) mass is 241 g/mol. The van der Waals surface area contributed by atoms with Crippen LogP contribution in [0, 0.1) is 0 Å². The molecule has 2 N–H and O–H groups in total. The van der Waals surface area contributed by atoms with E-state index in [0.717, 1.165) is 18.7 Å². The molecule has 6 heteroatoms. The van der Waals surface area contributed by atoms with E-state index in [4.69, 9.17) is 14.6 Å². The van der Waals surface area contributed by atoms with Crippen molar-refractivity contribution in [2.45, 2.75) is 19.2 Å². The van der Waals surface area contributed by atoms with Crippen molar-refractivity contribution in [3.05, 3.63) is 18.0 Å². The van der Waals surface area contributed by atoms with Gasteiger partial charge in [0.15, 0.2) is 0 Å². The Kier molecular flexibility index (Phi) is 4.93. The second-order valence-corrected chi connectivity index (χ2v) is 4.03. The normalized spacial score (nSPS) is 20.6. The Morgan fingerprint density at radius 1 is 1.53 bits per heavy atom. The van der Waals surface area contributed by atoms with Crippen LogP contribution in [0.5, 0.6) is 0 Å². The molecule has 1 aliphatic rings. The van der Waals surface area contributed by atoms with Crippen molar-refractivity contribution in [2.75, 3.05) is 33.0 Å². The zero-order valence-corrected chi connectivity index (χ0v) is 9.84. The van der Waals surface area contributed by atoms with Crippen molar-refractivity contribution in [3.63, 3.8) is 0 Å². The first-order chi connectivity index (χ1) is 8.38. The number of hydrogen-bond acceptors (Lipinski definition) is 5. The van der Waals surface area contributed by atoms with Gasteiger partial charge in [-0.05, 0) is 0 Å². The lowest BCUT2D eigenvalue weighted by Crippen LogP contribution is -2.37. The number of nitrogens with one attached hydrogen (secondary N) is 1. The summed E-state index contributed by atoms with van der Waals surface area (Å²) >= 11 is 0. The second kappa shape index (κ2) is 6.70. The number of aliphatic hydroxyl groups is 1. The van der Waals surface area contributed by atoms with E-state index in [2.05, 4.69) is 10.4 Å². The maximum Gasteiger partial charge on any atom is 0.0933 e. The van der Waals surface area contributed by atoms with Gasteiger partial charge >= 0.3 is 0 Å². The summed E-state index contributed by atoms with van der Waals surface area (Å²) in [5, 5.41) is 16.2. The zero-order valence-electron chi connectivity index (χ0n) is 9.84. The smallest absolute Gasteiger partial charge is 0.0933 e. The summed E-state index contributed by atoms with van der Waals surface area (Å²) < 4.78 is 12.6. The van der Waals surface area contributed by atoms with E-state index in [-0.39, 0.29) is 12.7 Å². The van der Waals surface area contributed by atoms with Crippen LogP contribution < -0.4 is 5.32 Å². The van der Waals surface area contributed by atoms with Gasteiger partial charge < -0.3 is 19.9 Å². The maximum absolute atomic E-state index is 8.77. The minimum absolute atomic E-state index is 0.113. The molecule has 0 amide bonds. The summed E-state index contributed by atoms with van der Waals surface area (Å²) in [5.41, 5.74) is 1.11. The van der Waals surface area contributed by atoms with Crippen LogP contribution in [0.1, 0.15) is 5.56 Å². The van der Waals surface area contributed by atoms with Crippen molar-refractivity contribution in [2.24, 2.45) is 0 Å². The summed E-state index contributed by atoms with van der Waals surface area (Å²) in [4.78, 5) is 0. The highest BCUT2D eigenvalue weighted by molar-refractivity contribution is 5.03. The van der Waals surface area contributed by atoms with Gasteiger partial charge in [-0.2, -0.15) is 5.10 Å². The van der Waals surface area contributed by atoms with Gasteiger partial charge in [0.1, 0.15) is 0 Å². The lowest BCUT2D eigenvalue weighted by Gasteiger charge is -2.22. The van der Waals surface area contributed by atoms with Crippen molar-refractivity contribution >= 4 is 0 Å². The highest BCUT2D eigenvalue weighted by atomic mass is 16.6. The molecule has 1 saturated heterocycles. The second-order valence-electron chi connectivity index (χ2n) is 4.03. The minimum Gasteiger partial charge on any atom is -0.394 e. The Hall–Kier alpha value is -0.950. The third-order valence-electron chi connectivity index (χ3n) is 2.60. The molecular formula is C11H19N3O3. The summed E-state index contributed by atoms with van der Waals surface area (Å²) in [7, 11) is 0. The van der Waals surface area contributed by atoms with Crippen molar-refractivity contribution in [1.82, 2.24) is 15.1 Å². The number of ether oxygens (including phenoxy) is 2. The van der Waals surface area contributed by atoms with Gasteiger partial charge in [-0.1, -0.05) is 0 Å². The molecule has 0 aliphatic carbocycles. The minimum atomic E-state index is 0.113. The molecule has 17 heavy (non-hydrogen) atoms. The average molecular weight is 241 g/mol. The third kappa shape index (κ3) is 4.08. The topological polar surface area (TPSA) is 68.5 Å². The van der Waals surface area contributed by atoms with Gasteiger partial charge in [0.2, 0.25) is 0 Å². The summed E-state index contributed by atoms with van der Waals surface area (Å²) in [6, 6.07) is 0. The molecule has 1 aliphatic heterocycles. The Morgan fingerprint density at radius 2 is 2.47 bits per heavy atom. The molecule has 1 atom stereocenters. The van der Waals surface area contributed by atoms with Gasteiger partial charge in [-0.15, -0.1) is 0 Å². The van der Waals surface area contributed by atoms with Crippen LogP contribution in [-0.2, 0) is 22.6 Å². The van der Waals surface area contributed by atoms with Crippen molar-refractivity contribution < 1.29 is 14.6 Å². The predicted molar refractivity (Wildman–Crippen MR) is 61.6 cm³/mol. The molecule has 0 spiro atoms. The number of nitrogens with zero attached hydrogens (tertiary/aromatic N) is 2. The van der Waals surface area contributed by atoms with E-state index in [1.165, 1.54) is 0 Å². The van der Waals surface area contributed by atoms with Crippen molar-refractivity contribution in [1.29, 1.82) is 0 Å². The van der Waals surface area contributed by atoms with Crippen LogP contribution in [0.3, 0.4) is 0 Å². The van der Waals surface area contributed by atoms with E-state index < -0.39 is 0 Å². The quantitative estimate of drug-likeness (QED) is 0.695. The van der Waals surface area contributed by atoms with Gasteiger partial charge in [0.25, 0.3) is 0 Å². The fourth-order valence-electron chi connectivity index (χ4n) is 1.75. The molecule has 1 unspecified atom stereocenters. The molecule has 1 aromatic heterocycles. The molecule has 6 nitrogen and oxygen atoms in total. The highest BCUT2D eigenvalue weighted by Crippen LogP contribution is 2.01. The van der Waals surface area contributed by atoms with E-state index in [0.29, 0.717) is 26.4 Å². The van der Waals surface area contributed by atoms with Crippen molar-refractivity contribution in [3.8, 4) is 0 Å². The van der Waals surface area contributed by atoms with Crippen LogP contribution >= 0.6 is 0 Å². The molecule has 96 valence electrons. The van der Waals surface area contributed by atoms with Gasteiger partial charge in [-0.3, -0.25) is 4.68 Å². The van der Waals surface area contributed by atoms with Gasteiger partial charge in [0.05, 0.1) is 45.3 Å². The Balaban J connectivity index is 1.66. The van der Waals surface area contributed by atoms with Gasteiger partial charge in [-0.25, -0.2) is 0 Å². The molecule has 2 heterocycles. The zero-order chi connectivity index (χ0) is 11.9. The van der Waals surface area contributed by atoms with Crippen LogP contribution in [0.15, 0.2) is 12.4 Å². The fourth-order valence-corrected chi connectivity index (χ4v) is 1.75. The Labute approximate surface area is 101 Å². The van der Waals surface area contributed by atoms with E-state index >= 15 is 0 Å². The number of aliphatic hydroxyl groups excluding tert-OH is 1. The van der Waals surface area contributed by atoms with Crippen LogP contribution in [0.2, 0.25) is 0 Å². The standard InChI is InChI=1S/C11H19N3O3/c15-2-1-14-8-10(6-13-14)5-12-7-11-9-16-3-4-17-11/h6,8,11-12,15H,1-5,7,9H2. The third-order valence-corrected chi connectivity index (χ3v) is 2.60. The molecular weight excluding hydrogens is 222 g/mol. The molecule has 1 aromatic rings. The fraction of sp³-hybridized carbons (Fsp3) is 0.727. The predicted octanol–water partition coefficient (Wildman–Crippen LogP) is -0.620. The highest BCUT2D eigenvalue weighted by Gasteiger charge is 2.13. The molecule has 0 bridgehead atoms. The summed E-state index contributed by atoms with van der Waals surface area (Å²) in [6.45, 7) is 4.24. The lowest BCUT2D eigenvalue weighted by atomic mass is 10.3. The molecule has 1 fully saturated rings. The van der Waals surface area contributed by atoms with Crippen LogP contribution in [0.4, 0.5) is 0 Å². The number of aromatic nitrogens is 2. The first-order valence-electron chi connectivity index (χ1n) is 5.91. The summed E-state index contributed by atoms with van der Waals surface area (Å²) in [6.07, 6.45) is 3.89. The SMILES string of the molecule is OCCn1cc(CNCC2COCCO2)cn1. The first kappa shape index (κ1) is 12.5. The molecule has 0 radical (unpaired) electrons. The Bertz CT molecular complexity index is 324. The van der Waals surface area contributed by atoms with Gasteiger partial charge in [0, 0.05) is 24.8 Å². The van der Waals surface area contributed by atoms with E-state index in [1.54, 1.807) is 10.9 Å². The van der Waals surface area contributed by atoms with Crippen LogP contribution in [0.25, 0.3) is 0 Å². The van der Waals surface area contributed by atoms with Crippen LogP contribution in [-0.4, -0.2) is 54.0 Å². The Morgan fingerprint density at radius 3 is 3.24 bits per heavy atom. The summed E-state index contributed by atoms with van der Waals surface area (Å²) in [5.74, 6) is 0.